The monoisotopic (exact) mass is 400 g/mol. The summed E-state index contributed by atoms with van der Waals surface area (Å²) in [5, 5.41) is 5.90. The summed E-state index contributed by atoms with van der Waals surface area (Å²) in [6, 6.07) is 17.3. The van der Waals surface area contributed by atoms with Crippen molar-refractivity contribution in [3.63, 3.8) is 0 Å². The van der Waals surface area contributed by atoms with Crippen LogP contribution in [0.3, 0.4) is 0 Å². The Morgan fingerprint density at radius 3 is 1.97 bits per heavy atom. The number of benzene rings is 2. The Morgan fingerprint density at radius 1 is 0.867 bits per heavy atom. The molecule has 2 aromatic carbocycles. The fraction of sp³-hybridized carbons (Fsp3) is 0.519. The van der Waals surface area contributed by atoms with Crippen molar-refractivity contribution in [3.8, 4) is 0 Å². The Morgan fingerprint density at radius 2 is 1.40 bits per heavy atom. The summed E-state index contributed by atoms with van der Waals surface area (Å²) in [6.45, 7) is 1.71. The highest BCUT2D eigenvalue weighted by atomic mass is 16.1. The molecule has 4 fully saturated rings. The number of rotatable bonds is 6. The Labute approximate surface area is 178 Å². The number of hydrogen-bond donors (Lipinski definition) is 1. The van der Waals surface area contributed by atoms with Crippen LogP contribution in [0.4, 0.5) is 0 Å². The molecule has 4 aliphatic carbocycles. The van der Waals surface area contributed by atoms with E-state index in [1.54, 1.807) is 0 Å². The fourth-order valence-corrected chi connectivity index (χ4v) is 7.62. The Balaban J connectivity index is 1.09. The summed E-state index contributed by atoms with van der Waals surface area (Å²) >= 11 is 0. The van der Waals surface area contributed by atoms with Gasteiger partial charge in [-0.2, -0.15) is 0 Å². The van der Waals surface area contributed by atoms with E-state index in [9.17, 15) is 4.79 Å². The van der Waals surface area contributed by atoms with Gasteiger partial charge in [0.25, 0.3) is 0 Å². The molecule has 0 unspecified atom stereocenters. The van der Waals surface area contributed by atoms with Crippen LogP contribution in [0, 0.1) is 23.2 Å². The SMILES string of the molecule is O=C(CC12CC3CC(CC(C3)C1)C2)NCCCn1c2ccccc2c2ccccc21. The highest BCUT2D eigenvalue weighted by Crippen LogP contribution is 2.61. The zero-order valence-electron chi connectivity index (χ0n) is 17.8. The predicted molar refractivity (Wildman–Crippen MR) is 122 cm³/mol. The summed E-state index contributed by atoms with van der Waals surface area (Å²) in [5.41, 5.74) is 2.92. The normalized spacial score (nSPS) is 29.7. The van der Waals surface area contributed by atoms with Crippen LogP contribution >= 0.6 is 0 Å². The molecule has 3 nitrogen and oxygen atoms in total. The van der Waals surface area contributed by atoms with E-state index in [1.165, 1.54) is 60.3 Å². The van der Waals surface area contributed by atoms with E-state index in [4.69, 9.17) is 0 Å². The number of fused-ring (bicyclic) bond motifs is 3. The number of para-hydroxylation sites is 2. The van der Waals surface area contributed by atoms with E-state index in [0.29, 0.717) is 11.3 Å². The molecule has 0 aliphatic heterocycles. The lowest BCUT2D eigenvalue weighted by Crippen LogP contribution is -2.48. The van der Waals surface area contributed by atoms with Crippen LogP contribution in [0.2, 0.25) is 0 Å². The van der Waals surface area contributed by atoms with Crippen molar-refractivity contribution in [2.75, 3.05) is 6.54 Å². The number of carbonyl (C=O) groups excluding carboxylic acids is 1. The molecule has 0 radical (unpaired) electrons. The molecule has 1 amide bonds. The average Bonchev–Trinajstić information content (AvgIpc) is 3.04. The number of amides is 1. The van der Waals surface area contributed by atoms with Crippen molar-refractivity contribution < 1.29 is 4.79 Å². The summed E-state index contributed by atoms with van der Waals surface area (Å²) in [6.07, 6.45) is 10.0. The van der Waals surface area contributed by atoms with Crippen molar-refractivity contribution >= 4 is 27.7 Å². The van der Waals surface area contributed by atoms with Crippen LogP contribution in [-0.2, 0) is 11.3 Å². The fourth-order valence-electron chi connectivity index (χ4n) is 7.62. The molecule has 1 aromatic heterocycles. The highest BCUT2D eigenvalue weighted by Gasteiger charge is 2.51. The third-order valence-electron chi connectivity index (χ3n) is 8.26. The molecule has 4 aliphatic rings. The van der Waals surface area contributed by atoms with Crippen LogP contribution in [0.25, 0.3) is 21.8 Å². The first kappa shape index (κ1) is 18.5. The van der Waals surface area contributed by atoms with Crippen molar-refractivity contribution in [1.82, 2.24) is 9.88 Å². The topological polar surface area (TPSA) is 34.0 Å². The second-order valence-electron chi connectivity index (χ2n) is 10.5. The molecule has 0 spiro atoms. The molecule has 4 bridgehead atoms. The molecule has 4 saturated carbocycles. The van der Waals surface area contributed by atoms with E-state index in [-0.39, 0.29) is 0 Å². The van der Waals surface area contributed by atoms with Crippen molar-refractivity contribution in [2.45, 2.75) is 57.9 Å². The van der Waals surface area contributed by atoms with Gasteiger partial charge < -0.3 is 9.88 Å². The van der Waals surface area contributed by atoms with Gasteiger partial charge in [0.2, 0.25) is 5.91 Å². The van der Waals surface area contributed by atoms with Gasteiger partial charge in [-0.1, -0.05) is 36.4 Å². The van der Waals surface area contributed by atoms with Crippen LogP contribution < -0.4 is 5.32 Å². The van der Waals surface area contributed by atoms with Gasteiger partial charge in [-0.15, -0.1) is 0 Å². The molecular weight excluding hydrogens is 368 g/mol. The van der Waals surface area contributed by atoms with Gasteiger partial charge in [0.15, 0.2) is 0 Å². The quantitative estimate of drug-likeness (QED) is 0.513. The number of nitrogens with one attached hydrogen (secondary N) is 1. The smallest absolute Gasteiger partial charge is 0.220 e. The molecule has 0 atom stereocenters. The maximum Gasteiger partial charge on any atom is 0.220 e. The largest absolute Gasteiger partial charge is 0.356 e. The van der Waals surface area contributed by atoms with Gasteiger partial charge in [0.1, 0.15) is 0 Å². The maximum absolute atomic E-state index is 12.8. The third-order valence-corrected chi connectivity index (χ3v) is 8.26. The van der Waals surface area contributed by atoms with Crippen molar-refractivity contribution in [1.29, 1.82) is 0 Å². The zero-order chi connectivity index (χ0) is 20.1. The number of carbonyl (C=O) groups is 1. The second kappa shape index (κ2) is 7.14. The van der Waals surface area contributed by atoms with E-state index in [0.717, 1.165) is 43.7 Å². The standard InChI is InChI=1S/C27H32N2O/c30-26(18-27-15-19-12-20(16-27)14-21(13-19)17-27)28-10-5-11-29-24-8-3-1-6-22(24)23-7-2-4-9-25(23)29/h1-4,6-9,19-21H,5,10-18H2,(H,28,30). The first-order chi connectivity index (χ1) is 14.7. The molecule has 30 heavy (non-hydrogen) atoms. The van der Waals surface area contributed by atoms with Gasteiger partial charge in [-0.25, -0.2) is 0 Å². The Hall–Kier alpha value is -2.29. The third kappa shape index (κ3) is 3.14. The Kier molecular flexibility index (Phi) is 4.40. The van der Waals surface area contributed by atoms with Crippen LogP contribution in [0.15, 0.2) is 48.5 Å². The molecule has 1 N–H and O–H groups in total. The lowest BCUT2D eigenvalue weighted by atomic mass is 9.49. The van der Waals surface area contributed by atoms with Crippen molar-refractivity contribution in [2.24, 2.45) is 23.2 Å². The van der Waals surface area contributed by atoms with Crippen LogP contribution in [0.1, 0.15) is 51.4 Å². The van der Waals surface area contributed by atoms with Gasteiger partial charge >= 0.3 is 0 Å². The lowest BCUT2D eigenvalue weighted by molar-refractivity contribution is -0.129. The van der Waals surface area contributed by atoms with Crippen LogP contribution in [0.5, 0.6) is 0 Å². The summed E-state index contributed by atoms with van der Waals surface area (Å²) in [5.74, 6) is 3.04. The number of aryl methyl sites for hydroxylation is 1. The first-order valence-electron chi connectivity index (χ1n) is 11.9. The number of nitrogens with zero attached hydrogens (tertiary/aromatic N) is 1. The summed E-state index contributed by atoms with van der Waals surface area (Å²) in [7, 11) is 0. The number of aromatic nitrogens is 1. The minimum atomic E-state index is 0.291. The van der Waals surface area contributed by atoms with Crippen LogP contribution in [-0.4, -0.2) is 17.0 Å². The molecular formula is C27H32N2O. The van der Waals surface area contributed by atoms with E-state index in [2.05, 4.69) is 58.4 Å². The van der Waals surface area contributed by atoms with E-state index in [1.807, 2.05) is 0 Å². The minimum Gasteiger partial charge on any atom is -0.356 e. The molecule has 3 aromatic rings. The Bertz CT molecular complexity index is 1010. The van der Waals surface area contributed by atoms with Gasteiger partial charge in [0, 0.05) is 41.3 Å². The first-order valence-corrected chi connectivity index (χ1v) is 11.9. The molecule has 7 rings (SSSR count). The highest BCUT2D eigenvalue weighted by molar-refractivity contribution is 6.07. The summed E-state index contributed by atoms with van der Waals surface area (Å²) in [4.78, 5) is 12.8. The molecule has 0 saturated heterocycles. The van der Waals surface area contributed by atoms with Crippen molar-refractivity contribution in [3.05, 3.63) is 48.5 Å². The van der Waals surface area contributed by atoms with Gasteiger partial charge in [0.05, 0.1) is 0 Å². The van der Waals surface area contributed by atoms with Gasteiger partial charge in [-0.05, 0) is 80.2 Å². The predicted octanol–water partition coefficient (Wildman–Crippen LogP) is 5.91. The van der Waals surface area contributed by atoms with E-state index >= 15 is 0 Å². The maximum atomic E-state index is 12.8. The lowest BCUT2D eigenvalue weighted by Gasteiger charge is -2.56. The second-order valence-corrected chi connectivity index (χ2v) is 10.5. The molecule has 156 valence electrons. The molecule has 1 heterocycles. The van der Waals surface area contributed by atoms with Gasteiger partial charge in [-0.3, -0.25) is 4.79 Å². The summed E-state index contributed by atoms with van der Waals surface area (Å²) < 4.78 is 2.41. The average molecular weight is 401 g/mol. The molecule has 3 heteroatoms. The minimum absolute atomic E-state index is 0.291. The zero-order valence-corrected chi connectivity index (χ0v) is 17.8. The number of hydrogen-bond acceptors (Lipinski definition) is 1. The van der Waals surface area contributed by atoms with E-state index < -0.39 is 0 Å².